The second kappa shape index (κ2) is 6.14. The van der Waals surface area contributed by atoms with Gasteiger partial charge in [0.1, 0.15) is 11.3 Å². The molecule has 0 aliphatic carbocycles. The molecular formula is C12H15NO6. The molecule has 0 radical (unpaired) electrons. The van der Waals surface area contributed by atoms with Crippen LogP contribution in [0.1, 0.15) is 21.5 Å². The van der Waals surface area contributed by atoms with Crippen molar-refractivity contribution in [3.63, 3.8) is 0 Å². The molecule has 0 saturated heterocycles. The maximum atomic E-state index is 11.7. The molecule has 104 valence electrons. The number of benzene rings is 1. The van der Waals surface area contributed by atoms with E-state index in [0.717, 1.165) is 0 Å². The lowest BCUT2D eigenvalue weighted by atomic mass is 10.0. The summed E-state index contributed by atoms with van der Waals surface area (Å²) in [7, 11) is 2.64. The summed E-state index contributed by atoms with van der Waals surface area (Å²) in [6.45, 7) is 2.99. The van der Waals surface area contributed by atoms with Gasteiger partial charge in [0, 0.05) is 18.2 Å². The first-order valence-corrected chi connectivity index (χ1v) is 5.42. The molecule has 0 unspecified atom stereocenters. The summed E-state index contributed by atoms with van der Waals surface area (Å²) in [5, 5.41) is 11.0. The first-order valence-electron chi connectivity index (χ1n) is 5.42. The predicted octanol–water partition coefficient (Wildman–Crippen LogP) is 1.98. The van der Waals surface area contributed by atoms with Crippen LogP contribution in [0.15, 0.2) is 6.07 Å². The summed E-state index contributed by atoms with van der Waals surface area (Å²) in [5.74, 6) is -0.485. The average Bonchev–Trinajstić information content (AvgIpc) is 2.34. The fourth-order valence-electron chi connectivity index (χ4n) is 1.81. The highest BCUT2D eigenvalue weighted by molar-refractivity contribution is 5.95. The molecule has 1 aromatic rings. The fourth-order valence-corrected chi connectivity index (χ4v) is 1.81. The van der Waals surface area contributed by atoms with Crippen LogP contribution in [0.25, 0.3) is 0 Å². The first kappa shape index (κ1) is 14.9. The molecule has 7 heteroatoms. The van der Waals surface area contributed by atoms with Crippen molar-refractivity contribution in [2.24, 2.45) is 0 Å². The summed E-state index contributed by atoms with van der Waals surface area (Å²) in [6.07, 6.45) is 0. The van der Waals surface area contributed by atoms with Crippen molar-refractivity contribution in [3.8, 4) is 5.75 Å². The zero-order valence-electron chi connectivity index (χ0n) is 11.2. The monoisotopic (exact) mass is 269 g/mol. The van der Waals surface area contributed by atoms with E-state index in [-0.39, 0.29) is 29.4 Å². The molecule has 0 aromatic heterocycles. The molecule has 19 heavy (non-hydrogen) atoms. The standard InChI is InChI=1S/C12H15NO6/c1-7-5-9(19-6-17-3)10(12(14)18-4)8(2)11(7)13(15)16/h5H,6H2,1-4H3. The van der Waals surface area contributed by atoms with Crippen molar-refractivity contribution in [1.82, 2.24) is 0 Å². The van der Waals surface area contributed by atoms with Crippen LogP contribution in [-0.2, 0) is 9.47 Å². The highest BCUT2D eigenvalue weighted by Gasteiger charge is 2.26. The van der Waals surface area contributed by atoms with E-state index in [1.165, 1.54) is 27.2 Å². The number of methoxy groups -OCH3 is 2. The fraction of sp³-hybridized carbons (Fsp3) is 0.417. The number of aryl methyl sites for hydroxylation is 1. The zero-order chi connectivity index (χ0) is 14.6. The van der Waals surface area contributed by atoms with Gasteiger partial charge in [0.25, 0.3) is 5.69 Å². The van der Waals surface area contributed by atoms with E-state index >= 15 is 0 Å². The molecule has 0 spiro atoms. The number of ether oxygens (including phenoxy) is 3. The number of nitro groups is 1. The van der Waals surface area contributed by atoms with Crippen LogP contribution in [0.5, 0.6) is 5.75 Å². The number of hydrogen-bond donors (Lipinski definition) is 0. The van der Waals surface area contributed by atoms with Crippen molar-refractivity contribution in [1.29, 1.82) is 0 Å². The molecule has 0 atom stereocenters. The van der Waals surface area contributed by atoms with Crippen molar-refractivity contribution in [2.45, 2.75) is 13.8 Å². The van der Waals surface area contributed by atoms with Crippen LogP contribution in [-0.4, -0.2) is 31.9 Å². The van der Waals surface area contributed by atoms with Gasteiger partial charge < -0.3 is 14.2 Å². The average molecular weight is 269 g/mol. The minimum absolute atomic E-state index is 0.0388. The summed E-state index contributed by atoms with van der Waals surface area (Å²) in [4.78, 5) is 22.2. The summed E-state index contributed by atoms with van der Waals surface area (Å²) < 4.78 is 14.7. The predicted molar refractivity (Wildman–Crippen MR) is 66.4 cm³/mol. The molecule has 7 nitrogen and oxygen atoms in total. The Balaban J connectivity index is 3.47. The molecule has 0 heterocycles. The van der Waals surface area contributed by atoms with Crippen LogP contribution in [0.2, 0.25) is 0 Å². The topological polar surface area (TPSA) is 87.9 Å². The van der Waals surface area contributed by atoms with Gasteiger partial charge in [-0.2, -0.15) is 0 Å². The van der Waals surface area contributed by atoms with Gasteiger partial charge in [0.15, 0.2) is 6.79 Å². The van der Waals surface area contributed by atoms with E-state index in [2.05, 4.69) is 4.74 Å². The largest absolute Gasteiger partial charge is 0.467 e. The van der Waals surface area contributed by atoms with Gasteiger partial charge in [-0.25, -0.2) is 4.79 Å². The van der Waals surface area contributed by atoms with Crippen molar-refractivity contribution < 1.29 is 23.9 Å². The second-order valence-corrected chi connectivity index (χ2v) is 3.84. The van der Waals surface area contributed by atoms with Gasteiger partial charge in [-0.1, -0.05) is 0 Å². The second-order valence-electron chi connectivity index (χ2n) is 3.84. The minimum atomic E-state index is -0.688. The molecule has 1 aromatic carbocycles. The molecule has 0 aliphatic rings. The third-order valence-corrected chi connectivity index (χ3v) is 2.60. The minimum Gasteiger partial charge on any atom is -0.467 e. The SMILES string of the molecule is COCOc1cc(C)c([N+](=O)[O-])c(C)c1C(=O)OC. The highest BCUT2D eigenvalue weighted by Crippen LogP contribution is 2.33. The highest BCUT2D eigenvalue weighted by atomic mass is 16.7. The van der Waals surface area contributed by atoms with E-state index < -0.39 is 10.9 Å². The maximum Gasteiger partial charge on any atom is 0.342 e. The number of nitro benzene ring substituents is 1. The Hall–Kier alpha value is -2.15. The molecule has 0 N–H and O–H groups in total. The van der Waals surface area contributed by atoms with Crippen molar-refractivity contribution in [2.75, 3.05) is 21.0 Å². The summed E-state index contributed by atoms with van der Waals surface area (Å²) >= 11 is 0. The van der Waals surface area contributed by atoms with Gasteiger partial charge in [0.2, 0.25) is 0 Å². The van der Waals surface area contributed by atoms with Crippen LogP contribution in [0.4, 0.5) is 5.69 Å². The van der Waals surface area contributed by atoms with E-state index in [4.69, 9.17) is 9.47 Å². The van der Waals surface area contributed by atoms with Gasteiger partial charge in [-0.05, 0) is 19.9 Å². The first-order chi connectivity index (χ1) is 8.93. The normalized spacial score (nSPS) is 10.1. The van der Waals surface area contributed by atoms with Gasteiger partial charge in [-0.3, -0.25) is 10.1 Å². The maximum absolute atomic E-state index is 11.7. The van der Waals surface area contributed by atoms with Crippen LogP contribution in [0, 0.1) is 24.0 Å². The van der Waals surface area contributed by atoms with E-state index in [1.807, 2.05) is 0 Å². The van der Waals surface area contributed by atoms with E-state index in [1.54, 1.807) is 6.92 Å². The molecule has 0 fully saturated rings. The third kappa shape index (κ3) is 3.00. The van der Waals surface area contributed by atoms with Crippen LogP contribution >= 0.6 is 0 Å². The molecule has 0 amide bonds. The Morgan fingerprint density at radius 2 is 2.00 bits per heavy atom. The lowest BCUT2D eigenvalue weighted by Crippen LogP contribution is -2.11. The quantitative estimate of drug-likeness (QED) is 0.351. The number of hydrogen-bond acceptors (Lipinski definition) is 6. The lowest BCUT2D eigenvalue weighted by Gasteiger charge is -2.13. The number of carbonyl (C=O) groups excluding carboxylic acids is 1. The number of esters is 1. The van der Waals surface area contributed by atoms with Gasteiger partial charge >= 0.3 is 5.97 Å². The number of rotatable bonds is 5. The smallest absolute Gasteiger partial charge is 0.342 e. The van der Waals surface area contributed by atoms with Crippen molar-refractivity contribution in [3.05, 3.63) is 32.9 Å². The van der Waals surface area contributed by atoms with E-state index in [9.17, 15) is 14.9 Å². The Labute approximate surface area is 110 Å². The van der Waals surface area contributed by atoms with Gasteiger partial charge in [0.05, 0.1) is 12.0 Å². The molecule has 0 saturated carbocycles. The van der Waals surface area contributed by atoms with Crippen LogP contribution < -0.4 is 4.74 Å². The Morgan fingerprint density at radius 3 is 2.47 bits per heavy atom. The third-order valence-electron chi connectivity index (χ3n) is 2.60. The lowest BCUT2D eigenvalue weighted by molar-refractivity contribution is -0.386. The van der Waals surface area contributed by atoms with E-state index in [0.29, 0.717) is 5.56 Å². The summed E-state index contributed by atoms with van der Waals surface area (Å²) in [6, 6.07) is 1.43. The Kier molecular flexibility index (Phi) is 4.82. The number of nitrogens with zero attached hydrogens (tertiary/aromatic N) is 1. The zero-order valence-corrected chi connectivity index (χ0v) is 11.2. The Bertz CT molecular complexity index is 511. The molecular weight excluding hydrogens is 254 g/mol. The number of carbonyl (C=O) groups is 1. The summed E-state index contributed by atoms with van der Waals surface area (Å²) in [5.41, 5.74) is 0.534. The Morgan fingerprint density at radius 1 is 1.37 bits per heavy atom. The van der Waals surface area contributed by atoms with Crippen LogP contribution in [0.3, 0.4) is 0 Å². The molecule has 0 bridgehead atoms. The van der Waals surface area contributed by atoms with Gasteiger partial charge in [-0.15, -0.1) is 0 Å². The molecule has 0 aliphatic heterocycles. The molecule has 1 rings (SSSR count). The van der Waals surface area contributed by atoms with Crippen molar-refractivity contribution >= 4 is 11.7 Å².